The minimum Gasteiger partial charge on any atom is -0.353 e. The molecule has 0 spiro atoms. The zero-order valence-corrected chi connectivity index (χ0v) is 11.1. The Hall–Kier alpha value is -1.50. The molecule has 4 heteroatoms. The predicted molar refractivity (Wildman–Crippen MR) is 73.6 cm³/mol. The minimum absolute atomic E-state index is 0.449. The zero-order valence-electron chi connectivity index (χ0n) is 8.74. The van der Waals surface area contributed by atoms with E-state index in [9.17, 15) is 0 Å². The first-order chi connectivity index (χ1) is 8.22. The molecule has 0 atom stereocenters. The van der Waals surface area contributed by atoms with Crippen molar-refractivity contribution >= 4 is 38.9 Å². The summed E-state index contributed by atoms with van der Waals surface area (Å²) in [7, 11) is 0. The molecular weight excluding hydrogens is 300 g/mol. The summed E-state index contributed by atoms with van der Waals surface area (Å²) in [5.41, 5.74) is 2.04. The van der Waals surface area contributed by atoms with Crippen LogP contribution >= 0.6 is 27.5 Å². The predicted octanol–water partition coefficient (Wildman–Crippen LogP) is 4.72. The first-order valence-electron chi connectivity index (χ1n) is 4.92. The lowest BCUT2D eigenvalue weighted by molar-refractivity contribution is 1.45. The Morgan fingerprint density at radius 3 is 2.47 bits per heavy atom. The van der Waals surface area contributed by atoms with E-state index in [1.807, 2.05) is 36.4 Å². The van der Waals surface area contributed by atoms with Crippen molar-refractivity contribution in [1.29, 1.82) is 5.26 Å². The van der Waals surface area contributed by atoms with Gasteiger partial charge in [-0.3, -0.25) is 0 Å². The van der Waals surface area contributed by atoms with Crippen LogP contribution in [-0.2, 0) is 0 Å². The van der Waals surface area contributed by atoms with Gasteiger partial charge in [-0.15, -0.1) is 0 Å². The Labute approximate surface area is 113 Å². The zero-order chi connectivity index (χ0) is 12.3. The molecule has 0 aromatic heterocycles. The molecule has 17 heavy (non-hydrogen) atoms. The first-order valence-corrected chi connectivity index (χ1v) is 6.09. The van der Waals surface area contributed by atoms with Crippen molar-refractivity contribution in [1.82, 2.24) is 0 Å². The van der Waals surface area contributed by atoms with Crippen molar-refractivity contribution in [3.8, 4) is 6.07 Å². The maximum Gasteiger partial charge on any atom is 0.103 e. The third-order valence-electron chi connectivity index (χ3n) is 2.27. The summed E-state index contributed by atoms with van der Waals surface area (Å²) in [6.45, 7) is 0. The SMILES string of the molecule is N#Cc1c(Cl)cccc1Nc1ccccc1Br. The average molecular weight is 308 g/mol. The molecule has 0 heterocycles. The third kappa shape index (κ3) is 2.60. The first kappa shape index (κ1) is 12.0. The van der Waals surface area contributed by atoms with Gasteiger partial charge in [-0.05, 0) is 40.2 Å². The van der Waals surface area contributed by atoms with E-state index < -0.39 is 0 Å². The molecule has 1 N–H and O–H groups in total. The van der Waals surface area contributed by atoms with E-state index in [1.165, 1.54) is 0 Å². The van der Waals surface area contributed by atoms with Crippen molar-refractivity contribution in [2.24, 2.45) is 0 Å². The van der Waals surface area contributed by atoms with Gasteiger partial charge in [-0.25, -0.2) is 0 Å². The molecule has 0 fully saturated rings. The van der Waals surface area contributed by atoms with Crippen LogP contribution in [0, 0.1) is 11.3 Å². The van der Waals surface area contributed by atoms with Gasteiger partial charge >= 0.3 is 0 Å². The van der Waals surface area contributed by atoms with Crippen LogP contribution in [0.5, 0.6) is 0 Å². The number of hydrogen-bond donors (Lipinski definition) is 1. The Morgan fingerprint density at radius 2 is 1.76 bits per heavy atom. The number of rotatable bonds is 2. The molecule has 2 aromatic carbocycles. The fraction of sp³-hybridized carbons (Fsp3) is 0. The van der Waals surface area contributed by atoms with Crippen molar-refractivity contribution in [2.45, 2.75) is 0 Å². The van der Waals surface area contributed by atoms with Gasteiger partial charge in [-0.2, -0.15) is 5.26 Å². The van der Waals surface area contributed by atoms with E-state index in [0.717, 1.165) is 10.2 Å². The Kier molecular flexibility index (Phi) is 3.68. The largest absolute Gasteiger partial charge is 0.353 e. The number of anilines is 2. The molecule has 0 aliphatic heterocycles. The van der Waals surface area contributed by atoms with Crippen LogP contribution in [0.2, 0.25) is 5.02 Å². The second-order valence-electron chi connectivity index (χ2n) is 3.38. The van der Waals surface area contributed by atoms with E-state index in [0.29, 0.717) is 16.3 Å². The molecule has 0 saturated heterocycles. The molecule has 0 saturated carbocycles. The van der Waals surface area contributed by atoms with E-state index in [1.54, 1.807) is 6.07 Å². The lowest BCUT2D eigenvalue weighted by Crippen LogP contribution is -1.94. The smallest absolute Gasteiger partial charge is 0.103 e. The average Bonchev–Trinajstić information content (AvgIpc) is 2.32. The standard InChI is InChI=1S/C13H8BrClN2/c14-10-4-1-2-6-13(10)17-12-7-3-5-11(15)9(12)8-16/h1-7,17H. The quantitative estimate of drug-likeness (QED) is 0.871. The van der Waals surface area contributed by atoms with Gasteiger partial charge in [0.2, 0.25) is 0 Å². The van der Waals surface area contributed by atoms with E-state index >= 15 is 0 Å². The van der Waals surface area contributed by atoms with Crippen LogP contribution in [0.15, 0.2) is 46.9 Å². The van der Waals surface area contributed by atoms with E-state index in [4.69, 9.17) is 16.9 Å². The summed E-state index contributed by atoms with van der Waals surface area (Å²) in [4.78, 5) is 0. The van der Waals surface area contributed by atoms with Crippen molar-refractivity contribution in [3.05, 3.63) is 57.5 Å². The Bertz CT molecular complexity index is 590. The van der Waals surface area contributed by atoms with E-state index in [-0.39, 0.29) is 0 Å². The van der Waals surface area contributed by atoms with Crippen LogP contribution in [0.4, 0.5) is 11.4 Å². The van der Waals surface area contributed by atoms with Crippen LogP contribution in [0.25, 0.3) is 0 Å². The maximum atomic E-state index is 9.06. The highest BCUT2D eigenvalue weighted by molar-refractivity contribution is 9.10. The fourth-order valence-corrected chi connectivity index (χ4v) is 2.05. The monoisotopic (exact) mass is 306 g/mol. The molecule has 0 radical (unpaired) electrons. The topological polar surface area (TPSA) is 35.8 Å². The maximum absolute atomic E-state index is 9.06. The van der Waals surface area contributed by atoms with Crippen LogP contribution < -0.4 is 5.32 Å². The molecule has 2 aromatic rings. The number of nitrogens with one attached hydrogen (secondary N) is 1. The van der Waals surface area contributed by atoms with Gasteiger partial charge < -0.3 is 5.32 Å². The van der Waals surface area contributed by atoms with Crippen molar-refractivity contribution < 1.29 is 0 Å². The second-order valence-corrected chi connectivity index (χ2v) is 4.64. The van der Waals surface area contributed by atoms with Crippen LogP contribution in [0.3, 0.4) is 0 Å². The van der Waals surface area contributed by atoms with Gasteiger partial charge in [-0.1, -0.05) is 29.8 Å². The van der Waals surface area contributed by atoms with Gasteiger partial charge in [0, 0.05) is 4.47 Å². The summed E-state index contributed by atoms with van der Waals surface area (Å²) in [5, 5.41) is 12.7. The number of nitrogens with zero attached hydrogens (tertiary/aromatic N) is 1. The molecule has 0 amide bonds. The van der Waals surface area contributed by atoms with Crippen molar-refractivity contribution in [2.75, 3.05) is 5.32 Å². The van der Waals surface area contributed by atoms with E-state index in [2.05, 4.69) is 27.3 Å². The number of hydrogen-bond acceptors (Lipinski definition) is 2. The van der Waals surface area contributed by atoms with Crippen molar-refractivity contribution in [3.63, 3.8) is 0 Å². The molecule has 84 valence electrons. The number of para-hydroxylation sites is 1. The molecule has 0 aliphatic carbocycles. The lowest BCUT2D eigenvalue weighted by Gasteiger charge is -2.10. The Balaban J connectivity index is 2.41. The normalized spacial score (nSPS) is 9.71. The highest BCUT2D eigenvalue weighted by Crippen LogP contribution is 2.29. The summed E-state index contributed by atoms with van der Waals surface area (Å²) in [6, 6.07) is 15.1. The highest BCUT2D eigenvalue weighted by Gasteiger charge is 2.07. The van der Waals surface area contributed by atoms with Crippen LogP contribution in [0.1, 0.15) is 5.56 Å². The number of benzene rings is 2. The molecular formula is C13H8BrClN2. The Morgan fingerprint density at radius 1 is 1.06 bits per heavy atom. The highest BCUT2D eigenvalue weighted by atomic mass is 79.9. The number of halogens is 2. The summed E-state index contributed by atoms with van der Waals surface area (Å²) < 4.78 is 0.934. The lowest BCUT2D eigenvalue weighted by atomic mass is 10.2. The minimum atomic E-state index is 0.449. The third-order valence-corrected chi connectivity index (χ3v) is 3.28. The van der Waals surface area contributed by atoms with Gasteiger partial charge in [0.05, 0.1) is 22.0 Å². The summed E-state index contributed by atoms with van der Waals surface area (Å²) >= 11 is 9.40. The molecule has 0 aliphatic rings. The molecule has 0 unspecified atom stereocenters. The van der Waals surface area contributed by atoms with Gasteiger partial charge in [0.1, 0.15) is 6.07 Å². The molecule has 2 rings (SSSR count). The molecule has 0 bridgehead atoms. The van der Waals surface area contributed by atoms with Gasteiger partial charge in [0.15, 0.2) is 0 Å². The molecule has 2 nitrogen and oxygen atoms in total. The second kappa shape index (κ2) is 5.22. The number of nitriles is 1. The van der Waals surface area contributed by atoms with Crippen LogP contribution in [-0.4, -0.2) is 0 Å². The fourth-order valence-electron chi connectivity index (χ4n) is 1.45. The summed E-state index contributed by atoms with van der Waals surface area (Å²) in [5.74, 6) is 0. The van der Waals surface area contributed by atoms with Gasteiger partial charge in [0.25, 0.3) is 0 Å². The summed E-state index contributed by atoms with van der Waals surface area (Å²) in [6.07, 6.45) is 0.